The number of nitrogens with zero attached hydrogens (tertiary/aromatic N) is 2. The minimum Gasteiger partial charge on any atom is -0.480 e. The Labute approximate surface area is 190 Å². The van der Waals surface area contributed by atoms with Gasteiger partial charge in [0.2, 0.25) is 6.17 Å². The zero-order valence-corrected chi connectivity index (χ0v) is 17.9. The average molecular weight is 442 g/mol. The van der Waals surface area contributed by atoms with Gasteiger partial charge < -0.3 is 15.7 Å². The van der Waals surface area contributed by atoms with Crippen LogP contribution in [0.2, 0.25) is 0 Å². The van der Waals surface area contributed by atoms with Gasteiger partial charge >= 0.3 is 12.0 Å². The number of rotatable bonds is 5. The summed E-state index contributed by atoms with van der Waals surface area (Å²) >= 11 is 0. The molecule has 0 radical (unpaired) electrons. The minimum atomic E-state index is -1.32. The molecule has 3 N–H and O–H groups in total. The van der Waals surface area contributed by atoms with E-state index in [1.54, 1.807) is 42.5 Å². The smallest absolute Gasteiger partial charge is 0.323 e. The van der Waals surface area contributed by atoms with Gasteiger partial charge in [-0.05, 0) is 30.7 Å². The Hall–Kier alpha value is -4.46. The molecule has 1 atom stereocenters. The van der Waals surface area contributed by atoms with Crippen LogP contribution in [-0.2, 0) is 9.59 Å². The fourth-order valence-electron chi connectivity index (χ4n) is 3.66. The molecule has 166 valence electrons. The summed E-state index contributed by atoms with van der Waals surface area (Å²) in [6.07, 6.45) is -1.32. The molecule has 33 heavy (non-hydrogen) atoms. The van der Waals surface area contributed by atoms with Crippen LogP contribution in [0, 0.1) is 6.92 Å². The number of benzene rings is 3. The van der Waals surface area contributed by atoms with Crippen LogP contribution in [0.1, 0.15) is 16.7 Å². The lowest BCUT2D eigenvalue weighted by molar-refractivity contribution is -0.136. The molecule has 0 saturated heterocycles. The number of benzodiazepines with no additional fused rings is 1. The number of hydrogen-bond acceptors (Lipinski definition) is 4. The van der Waals surface area contributed by atoms with Gasteiger partial charge in [-0.25, -0.2) is 9.79 Å². The number of hydrogen-bond donors (Lipinski definition) is 3. The van der Waals surface area contributed by atoms with Crippen LogP contribution in [0.4, 0.5) is 16.2 Å². The predicted octanol–water partition coefficient (Wildman–Crippen LogP) is 3.41. The number of fused-ring (bicyclic) bond motifs is 1. The molecular formula is C25H22N4O4. The van der Waals surface area contributed by atoms with Crippen molar-refractivity contribution in [3.63, 3.8) is 0 Å². The van der Waals surface area contributed by atoms with Crippen molar-refractivity contribution in [3.8, 4) is 0 Å². The Bertz CT molecular complexity index is 1240. The van der Waals surface area contributed by atoms with Gasteiger partial charge in [-0.3, -0.25) is 14.5 Å². The van der Waals surface area contributed by atoms with E-state index in [-0.39, 0.29) is 0 Å². The number of aryl methyl sites for hydroxylation is 1. The molecule has 3 aromatic rings. The number of aliphatic imine (C=N–C) groups is 1. The second kappa shape index (κ2) is 9.35. The Morgan fingerprint density at radius 1 is 1.00 bits per heavy atom. The molecule has 0 aromatic heterocycles. The Balaban J connectivity index is 1.74. The van der Waals surface area contributed by atoms with Crippen LogP contribution in [-0.4, -0.2) is 41.4 Å². The van der Waals surface area contributed by atoms with E-state index >= 15 is 0 Å². The monoisotopic (exact) mass is 442 g/mol. The van der Waals surface area contributed by atoms with Crippen molar-refractivity contribution in [1.82, 2.24) is 5.32 Å². The topological polar surface area (TPSA) is 111 Å². The third kappa shape index (κ3) is 4.90. The zero-order valence-electron chi connectivity index (χ0n) is 17.9. The van der Waals surface area contributed by atoms with Crippen molar-refractivity contribution in [3.05, 3.63) is 95.6 Å². The van der Waals surface area contributed by atoms with Gasteiger partial charge in [0, 0.05) is 16.8 Å². The molecule has 4 rings (SSSR count). The van der Waals surface area contributed by atoms with Crippen molar-refractivity contribution in [1.29, 1.82) is 0 Å². The van der Waals surface area contributed by atoms with E-state index in [0.717, 1.165) is 16.0 Å². The molecule has 1 aliphatic heterocycles. The number of aliphatic carboxylic acids is 1. The van der Waals surface area contributed by atoms with Crippen LogP contribution in [0.5, 0.6) is 0 Å². The fraction of sp³-hybridized carbons (Fsp3) is 0.120. The van der Waals surface area contributed by atoms with Gasteiger partial charge in [-0.15, -0.1) is 0 Å². The van der Waals surface area contributed by atoms with Crippen LogP contribution in [0.3, 0.4) is 0 Å². The first-order valence-corrected chi connectivity index (χ1v) is 10.3. The second-order valence-corrected chi connectivity index (χ2v) is 7.55. The molecule has 3 amide bonds. The highest BCUT2D eigenvalue weighted by atomic mass is 16.4. The number of carboxylic acid groups (broad SMARTS) is 1. The van der Waals surface area contributed by atoms with Gasteiger partial charge in [0.1, 0.15) is 6.54 Å². The van der Waals surface area contributed by atoms with E-state index in [1.807, 2.05) is 43.3 Å². The molecule has 1 aliphatic rings. The largest absolute Gasteiger partial charge is 0.480 e. The molecule has 1 heterocycles. The number of amides is 3. The number of anilines is 2. The number of nitrogens with one attached hydrogen (secondary N) is 2. The third-order valence-corrected chi connectivity index (χ3v) is 5.09. The number of carbonyl (C=O) groups excluding carboxylic acids is 2. The molecule has 0 bridgehead atoms. The number of carbonyl (C=O) groups is 3. The molecule has 8 heteroatoms. The summed E-state index contributed by atoms with van der Waals surface area (Å²) in [5.41, 5.74) is 3.75. The highest BCUT2D eigenvalue weighted by Gasteiger charge is 2.34. The van der Waals surface area contributed by atoms with Gasteiger partial charge in [-0.2, -0.15) is 0 Å². The van der Waals surface area contributed by atoms with Crippen LogP contribution < -0.4 is 15.5 Å². The summed E-state index contributed by atoms with van der Waals surface area (Å²) < 4.78 is 0. The Kier molecular flexibility index (Phi) is 6.17. The lowest BCUT2D eigenvalue weighted by Crippen LogP contribution is -2.49. The van der Waals surface area contributed by atoms with Crippen molar-refractivity contribution in [2.24, 2.45) is 4.99 Å². The summed E-state index contributed by atoms with van der Waals surface area (Å²) in [7, 11) is 0. The van der Waals surface area contributed by atoms with Crippen LogP contribution in [0.15, 0.2) is 83.9 Å². The highest BCUT2D eigenvalue weighted by Crippen LogP contribution is 2.28. The van der Waals surface area contributed by atoms with Crippen molar-refractivity contribution < 1.29 is 19.5 Å². The summed E-state index contributed by atoms with van der Waals surface area (Å²) in [5.74, 6) is -1.82. The van der Waals surface area contributed by atoms with Crippen LogP contribution in [0.25, 0.3) is 0 Å². The fourth-order valence-corrected chi connectivity index (χ4v) is 3.66. The highest BCUT2D eigenvalue weighted by molar-refractivity contribution is 6.20. The maximum absolute atomic E-state index is 13.4. The maximum atomic E-state index is 13.4. The number of para-hydroxylation sites is 1. The molecule has 0 unspecified atom stereocenters. The second-order valence-electron chi connectivity index (χ2n) is 7.55. The molecule has 3 aromatic carbocycles. The Morgan fingerprint density at radius 2 is 1.73 bits per heavy atom. The first-order valence-electron chi connectivity index (χ1n) is 10.3. The molecule has 0 fully saturated rings. The first kappa shape index (κ1) is 21.8. The zero-order chi connectivity index (χ0) is 23.4. The van der Waals surface area contributed by atoms with Gasteiger partial charge in [0.25, 0.3) is 5.91 Å². The standard InChI is InChI=1S/C25H22N4O4/c1-16-8-7-11-18(14-16)26-25(33)28-23-24(32)29(15-21(30)31)20-13-6-5-12-19(20)22(27-23)17-9-3-2-4-10-17/h2-14,23H,15H2,1H3,(H,30,31)(H2,26,28,33)/t23-/m1/s1. The normalized spacial score (nSPS) is 15.2. The first-order chi connectivity index (χ1) is 15.9. The summed E-state index contributed by atoms with van der Waals surface area (Å²) in [6.45, 7) is 1.33. The third-order valence-electron chi connectivity index (χ3n) is 5.09. The van der Waals surface area contributed by atoms with E-state index in [2.05, 4.69) is 15.6 Å². The number of urea groups is 1. The molecule has 8 nitrogen and oxygen atoms in total. The van der Waals surface area contributed by atoms with Crippen molar-refractivity contribution in [2.75, 3.05) is 16.8 Å². The summed E-state index contributed by atoms with van der Waals surface area (Å²) in [4.78, 5) is 43.4. The van der Waals surface area contributed by atoms with Crippen molar-refractivity contribution in [2.45, 2.75) is 13.1 Å². The average Bonchev–Trinajstić information content (AvgIpc) is 2.90. The summed E-state index contributed by atoms with van der Waals surface area (Å²) in [5, 5.41) is 14.7. The van der Waals surface area contributed by atoms with E-state index in [1.165, 1.54) is 0 Å². The van der Waals surface area contributed by atoms with E-state index in [4.69, 9.17) is 0 Å². The quantitative estimate of drug-likeness (QED) is 0.562. The SMILES string of the molecule is Cc1cccc(NC(=O)N[C@H]2N=C(c3ccccc3)c3ccccc3N(CC(=O)O)C2=O)c1. The van der Waals surface area contributed by atoms with Crippen molar-refractivity contribution >= 4 is 35.0 Å². The molecule has 0 saturated carbocycles. The predicted molar refractivity (Wildman–Crippen MR) is 126 cm³/mol. The lowest BCUT2D eigenvalue weighted by Gasteiger charge is -2.23. The van der Waals surface area contributed by atoms with E-state index in [0.29, 0.717) is 22.6 Å². The Morgan fingerprint density at radius 3 is 2.45 bits per heavy atom. The van der Waals surface area contributed by atoms with Gasteiger partial charge in [0.15, 0.2) is 0 Å². The lowest BCUT2D eigenvalue weighted by atomic mass is 10.0. The molecule has 0 aliphatic carbocycles. The molecule has 0 spiro atoms. The van der Waals surface area contributed by atoms with E-state index < -0.39 is 30.6 Å². The number of carboxylic acids is 1. The molecular weight excluding hydrogens is 420 g/mol. The van der Waals surface area contributed by atoms with Gasteiger partial charge in [-0.1, -0.05) is 60.7 Å². The van der Waals surface area contributed by atoms with Gasteiger partial charge in [0.05, 0.1) is 11.4 Å². The van der Waals surface area contributed by atoms with Crippen LogP contribution >= 0.6 is 0 Å². The van der Waals surface area contributed by atoms with E-state index in [9.17, 15) is 19.5 Å². The minimum absolute atomic E-state index is 0.413. The summed E-state index contributed by atoms with van der Waals surface area (Å²) in [6, 6.07) is 22.8. The maximum Gasteiger partial charge on any atom is 0.323 e.